The summed E-state index contributed by atoms with van der Waals surface area (Å²) in [5.41, 5.74) is 0.149. The molecule has 0 aromatic heterocycles. The topological polar surface area (TPSA) is 87.4 Å². The summed E-state index contributed by atoms with van der Waals surface area (Å²) in [7, 11) is 0. The van der Waals surface area contributed by atoms with E-state index in [0.29, 0.717) is 16.7 Å². The molecule has 0 heterocycles. The molecule has 2 rings (SSSR count). The van der Waals surface area contributed by atoms with E-state index in [9.17, 15) is 15.2 Å². The normalized spacial score (nSPS) is 15.4. The first-order valence-corrected chi connectivity index (χ1v) is 7.49. The molecule has 3 N–H and O–H groups in total. The summed E-state index contributed by atoms with van der Waals surface area (Å²) >= 11 is 5.19. The third kappa shape index (κ3) is 4.56. The van der Waals surface area contributed by atoms with Crippen LogP contribution in [0.1, 0.15) is 32.1 Å². The molecule has 7 heteroatoms. The van der Waals surface area contributed by atoms with Crippen LogP contribution < -0.4 is 10.6 Å². The van der Waals surface area contributed by atoms with Gasteiger partial charge in [-0.15, -0.1) is 0 Å². The fourth-order valence-corrected chi connectivity index (χ4v) is 2.75. The molecule has 1 aliphatic rings. The number of benzene rings is 1. The molecule has 0 radical (unpaired) electrons. The van der Waals surface area contributed by atoms with Crippen LogP contribution in [-0.4, -0.2) is 21.7 Å². The lowest BCUT2D eigenvalue weighted by molar-refractivity contribution is -0.385. The van der Waals surface area contributed by atoms with E-state index in [1.165, 1.54) is 44.2 Å². The average molecular weight is 309 g/mol. The highest BCUT2D eigenvalue weighted by molar-refractivity contribution is 7.80. The number of phenolic OH excluding ortho intramolecular Hbond substituents is 1. The Morgan fingerprint density at radius 2 is 2.10 bits per heavy atom. The second-order valence-corrected chi connectivity index (χ2v) is 5.71. The average Bonchev–Trinajstić information content (AvgIpc) is 2.48. The van der Waals surface area contributed by atoms with Crippen molar-refractivity contribution in [3.63, 3.8) is 0 Å². The molecule has 21 heavy (non-hydrogen) atoms. The largest absolute Gasteiger partial charge is 0.502 e. The Kier molecular flexibility index (Phi) is 5.32. The Bertz CT molecular complexity index is 530. The molecule has 1 aliphatic carbocycles. The monoisotopic (exact) mass is 309 g/mol. The highest BCUT2D eigenvalue weighted by atomic mass is 32.1. The number of nitro benzene ring substituents is 1. The Morgan fingerprint density at radius 3 is 2.76 bits per heavy atom. The highest BCUT2D eigenvalue weighted by Gasteiger charge is 2.15. The molecular formula is C14H19N3O3S. The lowest BCUT2D eigenvalue weighted by Crippen LogP contribution is -2.33. The van der Waals surface area contributed by atoms with Gasteiger partial charge >= 0.3 is 5.69 Å². The zero-order valence-corrected chi connectivity index (χ0v) is 12.5. The predicted octanol–water partition coefficient (Wildman–Crippen LogP) is 3.17. The zero-order valence-electron chi connectivity index (χ0n) is 11.7. The van der Waals surface area contributed by atoms with E-state index in [1.807, 2.05) is 0 Å². The van der Waals surface area contributed by atoms with Crippen LogP contribution in [0.2, 0.25) is 0 Å². The molecular weight excluding hydrogens is 290 g/mol. The van der Waals surface area contributed by atoms with Crippen molar-refractivity contribution in [2.75, 3.05) is 11.9 Å². The maximum Gasteiger partial charge on any atom is 0.312 e. The number of nitro groups is 1. The number of anilines is 1. The summed E-state index contributed by atoms with van der Waals surface area (Å²) in [5, 5.41) is 26.7. The third-order valence-corrected chi connectivity index (χ3v) is 3.95. The van der Waals surface area contributed by atoms with Gasteiger partial charge in [-0.1, -0.05) is 19.3 Å². The van der Waals surface area contributed by atoms with Crippen LogP contribution in [0.5, 0.6) is 5.75 Å². The van der Waals surface area contributed by atoms with E-state index in [1.54, 1.807) is 6.07 Å². The van der Waals surface area contributed by atoms with E-state index in [0.717, 1.165) is 6.54 Å². The van der Waals surface area contributed by atoms with Crippen molar-refractivity contribution in [3.05, 3.63) is 28.3 Å². The minimum Gasteiger partial charge on any atom is -0.502 e. The quantitative estimate of drug-likeness (QED) is 0.343. The second-order valence-electron chi connectivity index (χ2n) is 5.30. The maximum absolute atomic E-state index is 10.8. The summed E-state index contributed by atoms with van der Waals surface area (Å²) in [6.45, 7) is 0.825. The lowest BCUT2D eigenvalue weighted by atomic mass is 9.89. The molecule has 114 valence electrons. The molecule has 0 amide bonds. The molecule has 0 aliphatic heterocycles. The maximum atomic E-state index is 10.8. The van der Waals surface area contributed by atoms with Gasteiger partial charge in [-0.3, -0.25) is 10.1 Å². The van der Waals surface area contributed by atoms with Crippen LogP contribution >= 0.6 is 12.2 Å². The molecule has 0 unspecified atom stereocenters. The Labute approximate surface area is 128 Å². The van der Waals surface area contributed by atoms with Crippen LogP contribution in [0.25, 0.3) is 0 Å². The molecule has 0 saturated heterocycles. The first-order chi connectivity index (χ1) is 10.1. The summed E-state index contributed by atoms with van der Waals surface area (Å²) < 4.78 is 0. The van der Waals surface area contributed by atoms with Gasteiger partial charge in [-0.25, -0.2) is 0 Å². The standard InChI is InChI=1S/C14H19N3O3S/c18-13-7-6-11(8-12(13)17(19)20)16-14(21)15-9-10-4-2-1-3-5-10/h6-8,10,18H,1-5,9H2,(H2,15,16,21). The van der Waals surface area contributed by atoms with Crippen molar-refractivity contribution in [3.8, 4) is 5.75 Å². The summed E-state index contributed by atoms with van der Waals surface area (Å²) in [6.07, 6.45) is 6.31. The highest BCUT2D eigenvalue weighted by Crippen LogP contribution is 2.28. The predicted molar refractivity (Wildman–Crippen MR) is 85.6 cm³/mol. The zero-order chi connectivity index (χ0) is 15.2. The van der Waals surface area contributed by atoms with E-state index < -0.39 is 4.92 Å². The molecule has 0 bridgehead atoms. The molecule has 1 aromatic rings. The van der Waals surface area contributed by atoms with E-state index >= 15 is 0 Å². The number of aromatic hydroxyl groups is 1. The van der Waals surface area contributed by atoms with E-state index in [2.05, 4.69) is 10.6 Å². The number of phenols is 1. The molecule has 6 nitrogen and oxygen atoms in total. The third-order valence-electron chi connectivity index (χ3n) is 3.71. The van der Waals surface area contributed by atoms with Gasteiger partial charge in [0.05, 0.1) is 4.92 Å². The smallest absolute Gasteiger partial charge is 0.312 e. The number of hydrogen-bond acceptors (Lipinski definition) is 4. The van der Waals surface area contributed by atoms with Gasteiger partial charge in [0, 0.05) is 18.3 Å². The lowest BCUT2D eigenvalue weighted by Gasteiger charge is -2.22. The molecule has 1 fully saturated rings. The van der Waals surface area contributed by atoms with Crippen LogP contribution in [0.3, 0.4) is 0 Å². The second kappa shape index (κ2) is 7.21. The van der Waals surface area contributed by atoms with Gasteiger partial charge in [0.2, 0.25) is 0 Å². The van der Waals surface area contributed by atoms with Crippen molar-refractivity contribution in [1.29, 1.82) is 0 Å². The van der Waals surface area contributed by atoms with Crippen molar-refractivity contribution < 1.29 is 10.0 Å². The Morgan fingerprint density at radius 1 is 1.38 bits per heavy atom. The van der Waals surface area contributed by atoms with Crippen LogP contribution in [0.15, 0.2) is 18.2 Å². The van der Waals surface area contributed by atoms with Crippen molar-refractivity contribution >= 4 is 28.7 Å². The molecule has 0 atom stereocenters. The summed E-state index contributed by atoms with van der Waals surface area (Å²) in [4.78, 5) is 10.1. The molecule has 1 saturated carbocycles. The van der Waals surface area contributed by atoms with Gasteiger partial charge < -0.3 is 15.7 Å². The summed E-state index contributed by atoms with van der Waals surface area (Å²) in [6, 6.07) is 4.10. The van der Waals surface area contributed by atoms with Gasteiger partial charge in [0.1, 0.15) is 0 Å². The number of hydrogen-bond donors (Lipinski definition) is 3. The van der Waals surface area contributed by atoms with E-state index in [4.69, 9.17) is 12.2 Å². The van der Waals surface area contributed by atoms with Gasteiger partial charge in [0.25, 0.3) is 0 Å². The number of thiocarbonyl (C=S) groups is 1. The van der Waals surface area contributed by atoms with Crippen molar-refractivity contribution in [2.24, 2.45) is 5.92 Å². The first kappa shape index (κ1) is 15.5. The van der Waals surface area contributed by atoms with Crippen LogP contribution in [0, 0.1) is 16.0 Å². The van der Waals surface area contributed by atoms with Gasteiger partial charge in [-0.05, 0) is 43.1 Å². The number of nitrogens with one attached hydrogen (secondary N) is 2. The fraction of sp³-hybridized carbons (Fsp3) is 0.500. The van der Waals surface area contributed by atoms with Crippen molar-refractivity contribution in [1.82, 2.24) is 5.32 Å². The Balaban J connectivity index is 1.87. The van der Waals surface area contributed by atoms with Crippen LogP contribution in [0.4, 0.5) is 11.4 Å². The van der Waals surface area contributed by atoms with Gasteiger partial charge in [0.15, 0.2) is 10.9 Å². The SMILES string of the molecule is O=[N+]([O-])c1cc(NC(=S)NCC2CCCCC2)ccc1O. The Hall–Kier alpha value is -1.89. The number of rotatable bonds is 4. The van der Waals surface area contributed by atoms with Gasteiger partial charge in [-0.2, -0.15) is 0 Å². The number of nitrogens with zero attached hydrogens (tertiary/aromatic N) is 1. The van der Waals surface area contributed by atoms with Crippen molar-refractivity contribution in [2.45, 2.75) is 32.1 Å². The molecule has 1 aromatic carbocycles. The molecule has 0 spiro atoms. The minimum absolute atomic E-state index is 0.338. The minimum atomic E-state index is -0.626. The van der Waals surface area contributed by atoms with Crippen LogP contribution in [-0.2, 0) is 0 Å². The van der Waals surface area contributed by atoms with E-state index in [-0.39, 0.29) is 11.4 Å². The summed E-state index contributed by atoms with van der Waals surface area (Å²) in [5.74, 6) is 0.291. The first-order valence-electron chi connectivity index (χ1n) is 7.08. The fourth-order valence-electron chi connectivity index (χ4n) is 2.55.